The summed E-state index contributed by atoms with van der Waals surface area (Å²) in [6, 6.07) is 0. The molecular weight excluding hydrogens is 206 g/mol. The molecule has 0 aromatic heterocycles. The van der Waals surface area contributed by atoms with Crippen molar-refractivity contribution in [2.45, 2.75) is 44.6 Å². The van der Waals surface area contributed by atoms with Crippen molar-refractivity contribution in [1.82, 2.24) is 4.90 Å². The summed E-state index contributed by atoms with van der Waals surface area (Å²) in [7, 11) is 0. The number of thioether (sulfide) groups is 1. The fourth-order valence-electron chi connectivity index (χ4n) is 2.02. The Hall–Kier alpha value is -0.0200. The van der Waals surface area contributed by atoms with E-state index in [1.807, 2.05) is 18.7 Å². The van der Waals surface area contributed by atoms with Crippen molar-refractivity contribution in [2.75, 3.05) is 19.6 Å². The summed E-state index contributed by atoms with van der Waals surface area (Å²) >= 11 is 2.03. The lowest BCUT2D eigenvalue weighted by Gasteiger charge is -2.34. The molecule has 0 aromatic rings. The molecule has 1 heterocycles. The normalized spacial score (nSPS) is 30.1. The maximum absolute atomic E-state index is 11.8. The molecule has 0 radical (unpaired) electrons. The first-order valence-corrected chi connectivity index (χ1v) is 6.87. The molecule has 1 aliphatic rings. The number of Topliss-reactive ketones (excluding diaryl/α,β-unsaturated/α-hetero) is 1. The SMILES string of the molecule is CCC(C)C(=O)CN1CC(C)SC(C)C1. The zero-order valence-electron chi connectivity index (χ0n) is 10.3. The molecule has 1 fully saturated rings. The van der Waals surface area contributed by atoms with Gasteiger partial charge in [0.25, 0.3) is 0 Å². The van der Waals surface area contributed by atoms with Crippen LogP contribution in [0.5, 0.6) is 0 Å². The first-order chi connectivity index (χ1) is 7.02. The van der Waals surface area contributed by atoms with Crippen LogP contribution in [0.25, 0.3) is 0 Å². The quantitative estimate of drug-likeness (QED) is 0.738. The van der Waals surface area contributed by atoms with Crippen LogP contribution in [0.15, 0.2) is 0 Å². The van der Waals surface area contributed by atoms with E-state index in [0.29, 0.717) is 22.8 Å². The summed E-state index contributed by atoms with van der Waals surface area (Å²) in [6.07, 6.45) is 0.965. The lowest BCUT2D eigenvalue weighted by atomic mass is 10.0. The molecule has 0 bridgehead atoms. The van der Waals surface area contributed by atoms with Gasteiger partial charge in [0, 0.05) is 29.5 Å². The average molecular weight is 229 g/mol. The first-order valence-electron chi connectivity index (χ1n) is 5.93. The number of carbonyl (C=O) groups is 1. The highest BCUT2D eigenvalue weighted by atomic mass is 32.2. The summed E-state index contributed by atoms with van der Waals surface area (Å²) in [5, 5.41) is 1.33. The molecule has 1 aliphatic heterocycles. The van der Waals surface area contributed by atoms with E-state index in [9.17, 15) is 4.79 Å². The van der Waals surface area contributed by atoms with Gasteiger partial charge in [-0.3, -0.25) is 9.69 Å². The maximum atomic E-state index is 11.8. The highest BCUT2D eigenvalue weighted by molar-refractivity contribution is 8.00. The number of rotatable bonds is 4. The fourth-order valence-corrected chi connectivity index (χ4v) is 3.40. The molecule has 0 amide bonds. The number of hydrogen-bond donors (Lipinski definition) is 0. The molecule has 15 heavy (non-hydrogen) atoms. The Kier molecular flexibility index (Phi) is 5.13. The van der Waals surface area contributed by atoms with Gasteiger partial charge in [-0.25, -0.2) is 0 Å². The van der Waals surface area contributed by atoms with E-state index in [2.05, 4.69) is 25.7 Å². The van der Waals surface area contributed by atoms with Gasteiger partial charge in [0.15, 0.2) is 0 Å². The standard InChI is InChI=1S/C12H23NOS/c1-5-9(2)12(14)8-13-6-10(3)15-11(4)7-13/h9-11H,5-8H2,1-4H3. The van der Waals surface area contributed by atoms with Crippen molar-refractivity contribution >= 4 is 17.5 Å². The molecular formula is C12H23NOS. The van der Waals surface area contributed by atoms with Crippen molar-refractivity contribution in [2.24, 2.45) is 5.92 Å². The lowest BCUT2D eigenvalue weighted by molar-refractivity contribution is -0.123. The first kappa shape index (κ1) is 13.0. The molecule has 1 saturated heterocycles. The zero-order chi connectivity index (χ0) is 11.4. The molecule has 3 unspecified atom stereocenters. The molecule has 3 atom stereocenters. The van der Waals surface area contributed by atoms with Gasteiger partial charge < -0.3 is 0 Å². The Balaban J connectivity index is 2.40. The molecule has 0 saturated carbocycles. The predicted octanol–water partition coefficient (Wildman–Crippen LogP) is 2.43. The summed E-state index contributed by atoms with van der Waals surface area (Å²) in [5.41, 5.74) is 0. The molecule has 3 heteroatoms. The molecule has 0 N–H and O–H groups in total. The van der Waals surface area contributed by atoms with Gasteiger partial charge >= 0.3 is 0 Å². The maximum Gasteiger partial charge on any atom is 0.149 e. The van der Waals surface area contributed by atoms with Gasteiger partial charge in [0.05, 0.1) is 6.54 Å². The predicted molar refractivity (Wildman–Crippen MR) is 67.4 cm³/mol. The molecule has 0 aliphatic carbocycles. The topological polar surface area (TPSA) is 20.3 Å². The average Bonchev–Trinajstić information content (AvgIpc) is 2.14. The summed E-state index contributed by atoms with van der Waals surface area (Å²) in [4.78, 5) is 14.1. The van der Waals surface area contributed by atoms with Gasteiger partial charge in [0.1, 0.15) is 5.78 Å². The second kappa shape index (κ2) is 5.90. The highest BCUT2D eigenvalue weighted by Gasteiger charge is 2.24. The van der Waals surface area contributed by atoms with Crippen LogP contribution in [0.3, 0.4) is 0 Å². The van der Waals surface area contributed by atoms with Crippen LogP contribution >= 0.6 is 11.8 Å². The Bertz CT molecular complexity index is 210. The van der Waals surface area contributed by atoms with Crippen molar-refractivity contribution in [3.63, 3.8) is 0 Å². The van der Waals surface area contributed by atoms with E-state index in [1.54, 1.807) is 0 Å². The third-order valence-electron chi connectivity index (χ3n) is 3.04. The van der Waals surface area contributed by atoms with E-state index in [-0.39, 0.29) is 5.92 Å². The van der Waals surface area contributed by atoms with Gasteiger partial charge in [-0.15, -0.1) is 0 Å². The fraction of sp³-hybridized carbons (Fsp3) is 0.917. The number of nitrogens with zero attached hydrogens (tertiary/aromatic N) is 1. The van der Waals surface area contributed by atoms with Crippen LogP contribution in [-0.2, 0) is 4.79 Å². The van der Waals surface area contributed by atoms with Crippen LogP contribution < -0.4 is 0 Å². The minimum Gasteiger partial charge on any atom is -0.298 e. The Morgan fingerprint density at radius 2 is 1.93 bits per heavy atom. The number of ketones is 1. The number of hydrogen-bond acceptors (Lipinski definition) is 3. The minimum atomic E-state index is 0.227. The van der Waals surface area contributed by atoms with Gasteiger partial charge in [-0.05, 0) is 6.42 Å². The Morgan fingerprint density at radius 1 is 1.40 bits per heavy atom. The van der Waals surface area contributed by atoms with E-state index >= 15 is 0 Å². The second-order valence-electron chi connectivity index (χ2n) is 4.73. The van der Waals surface area contributed by atoms with Crippen LogP contribution in [-0.4, -0.2) is 40.8 Å². The monoisotopic (exact) mass is 229 g/mol. The molecule has 0 aromatic carbocycles. The van der Waals surface area contributed by atoms with Crippen molar-refractivity contribution in [3.8, 4) is 0 Å². The molecule has 2 nitrogen and oxygen atoms in total. The van der Waals surface area contributed by atoms with Crippen LogP contribution in [0.4, 0.5) is 0 Å². The van der Waals surface area contributed by atoms with E-state index in [1.165, 1.54) is 0 Å². The summed E-state index contributed by atoms with van der Waals surface area (Å²) in [5.74, 6) is 0.633. The van der Waals surface area contributed by atoms with Crippen LogP contribution in [0.1, 0.15) is 34.1 Å². The highest BCUT2D eigenvalue weighted by Crippen LogP contribution is 2.24. The Morgan fingerprint density at radius 3 is 2.40 bits per heavy atom. The molecule has 88 valence electrons. The Labute approximate surface area is 97.8 Å². The van der Waals surface area contributed by atoms with E-state index in [4.69, 9.17) is 0 Å². The van der Waals surface area contributed by atoms with Crippen LogP contribution in [0, 0.1) is 5.92 Å². The molecule has 0 spiro atoms. The largest absolute Gasteiger partial charge is 0.298 e. The number of carbonyl (C=O) groups excluding carboxylic acids is 1. The second-order valence-corrected chi connectivity index (χ2v) is 6.61. The van der Waals surface area contributed by atoms with Crippen molar-refractivity contribution in [1.29, 1.82) is 0 Å². The van der Waals surface area contributed by atoms with Gasteiger partial charge in [0.2, 0.25) is 0 Å². The van der Waals surface area contributed by atoms with Gasteiger partial charge in [-0.1, -0.05) is 27.7 Å². The minimum absolute atomic E-state index is 0.227. The third-order valence-corrected chi connectivity index (χ3v) is 4.26. The van der Waals surface area contributed by atoms with Gasteiger partial charge in [-0.2, -0.15) is 11.8 Å². The summed E-state index contributed by atoms with van der Waals surface area (Å²) in [6.45, 7) is 11.4. The lowest BCUT2D eigenvalue weighted by Crippen LogP contribution is -2.43. The van der Waals surface area contributed by atoms with Crippen LogP contribution in [0.2, 0.25) is 0 Å². The summed E-state index contributed by atoms with van der Waals surface area (Å²) < 4.78 is 0. The van der Waals surface area contributed by atoms with E-state index < -0.39 is 0 Å². The van der Waals surface area contributed by atoms with Crippen molar-refractivity contribution < 1.29 is 4.79 Å². The third kappa shape index (κ3) is 4.15. The smallest absolute Gasteiger partial charge is 0.149 e. The van der Waals surface area contributed by atoms with E-state index in [0.717, 1.165) is 19.5 Å². The zero-order valence-corrected chi connectivity index (χ0v) is 11.1. The molecule has 1 rings (SSSR count). The van der Waals surface area contributed by atoms with Crippen molar-refractivity contribution in [3.05, 3.63) is 0 Å².